The average Bonchev–Trinajstić information content (AvgIpc) is 3.36. The number of aliphatic hydroxyl groups is 1. The number of hydrogen-bond acceptors (Lipinski definition) is 4. The maximum atomic E-state index is 9.33. The first-order chi connectivity index (χ1) is 13.2. The van der Waals surface area contributed by atoms with Crippen LogP contribution in [0, 0.1) is 5.41 Å². The van der Waals surface area contributed by atoms with E-state index in [1.54, 1.807) is 7.05 Å². The summed E-state index contributed by atoms with van der Waals surface area (Å²) in [7, 11) is 1.77. The van der Waals surface area contributed by atoms with Crippen LogP contribution in [0.25, 0.3) is 5.69 Å². The van der Waals surface area contributed by atoms with Crippen LogP contribution in [0.3, 0.4) is 0 Å². The summed E-state index contributed by atoms with van der Waals surface area (Å²) in [5, 5.41) is 20.5. The molecular weight excluding hydrogens is 469 g/mol. The summed E-state index contributed by atoms with van der Waals surface area (Å²) in [6.45, 7) is 3.15. The summed E-state index contributed by atoms with van der Waals surface area (Å²) >= 11 is 0. The van der Waals surface area contributed by atoms with E-state index in [2.05, 4.69) is 26.9 Å². The van der Waals surface area contributed by atoms with Crippen LogP contribution >= 0.6 is 24.0 Å². The van der Waals surface area contributed by atoms with E-state index >= 15 is 0 Å². The average molecular weight is 499 g/mol. The van der Waals surface area contributed by atoms with Crippen molar-refractivity contribution in [1.82, 2.24) is 20.4 Å². The van der Waals surface area contributed by atoms with Crippen molar-refractivity contribution >= 4 is 29.9 Å². The zero-order valence-corrected chi connectivity index (χ0v) is 18.6. The molecule has 8 heteroatoms. The molecule has 7 nitrogen and oxygen atoms in total. The molecule has 1 aliphatic heterocycles. The van der Waals surface area contributed by atoms with Crippen molar-refractivity contribution in [2.45, 2.75) is 19.3 Å². The van der Waals surface area contributed by atoms with E-state index in [1.165, 1.54) is 5.56 Å². The Morgan fingerprint density at radius 3 is 2.82 bits per heavy atom. The Bertz CT molecular complexity index is 729. The van der Waals surface area contributed by atoms with Gasteiger partial charge in [-0.15, -0.1) is 24.0 Å². The van der Waals surface area contributed by atoms with E-state index in [0.29, 0.717) is 6.61 Å². The first-order valence-electron chi connectivity index (χ1n) is 9.47. The van der Waals surface area contributed by atoms with Gasteiger partial charge >= 0.3 is 0 Å². The predicted molar refractivity (Wildman–Crippen MR) is 122 cm³/mol. The molecule has 1 unspecified atom stereocenters. The first-order valence-corrected chi connectivity index (χ1v) is 9.47. The molecule has 0 aliphatic carbocycles. The lowest BCUT2D eigenvalue weighted by atomic mass is 9.84. The summed E-state index contributed by atoms with van der Waals surface area (Å²) in [4.78, 5) is 4.29. The number of rotatable bonds is 8. The minimum atomic E-state index is 0. The number of aliphatic imine (C=N–C) groups is 1. The fraction of sp³-hybridized carbons (Fsp3) is 0.500. The molecule has 1 aliphatic rings. The SMILES string of the molecule is CN=C(NCCc1cnn(-c2ccccc2)c1)NCC1(CCO)CCOC1.I. The van der Waals surface area contributed by atoms with Gasteiger partial charge in [0, 0.05) is 45.0 Å². The van der Waals surface area contributed by atoms with E-state index in [9.17, 15) is 5.11 Å². The fourth-order valence-corrected chi connectivity index (χ4v) is 3.34. The van der Waals surface area contributed by atoms with Crippen molar-refractivity contribution in [2.24, 2.45) is 10.4 Å². The molecule has 2 aromatic rings. The largest absolute Gasteiger partial charge is 0.396 e. The second-order valence-corrected chi connectivity index (χ2v) is 7.01. The van der Waals surface area contributed by atoms with Gasteiger partial charge in [-0.25, -0.2) is 4.68 Å². The van der Waals surface area contributed by atoms with Gasteiger partial charge in [0.2, 0.25) is 0 Å². The quantitative estimate of drug-likeness (QED) is 0.294. The lowest BCUT2D eigenvalue weighted by molar-refractivity contribution is 0.127. The maximum absolute atomic E-state index is 9.33. The second kappa shape index (κ2) is 11.4. The summed E-state index contributed by atoms with van der Waals surface area (Å²) in [5.41, 5.74) is 2.23. The third-order valence-corrected chi connectivity index (χ3v) is 5.04. The number of halogens is 1. The molecule has 0 radical (unpaired) electrons. The number of benzene rings is 1. The maximum Gasteiger partial charge on any atom is 0.191 e. The Morgan fingerprint density at radius 1 is 1.32 bits per heavy atom. The number of guanidine groups is 1. The van der Waals surface area contributed by atoms with Crippen molar-refractivity contribution in [1.29, 1.82) is 0 Å². The molecule has 1 saturated heterocycles. The van der Waals surface area contributed by atoms with E-state index in [1.807, 2.05) is 41.2 Å². The number of ether oxygens (including phenoxy) is 1. The van der Waals surface area contributed by atoms with Crippen molar-refractivity contribution in [3.8, 4) is 5.69 Å². The molecule has 0 saturated carbocycles. The highest BCUT2D eigenvalue weighted by molar-refractivity contribution is 14.0. The molecule has 1 fully saturated rings. The first kappa shape index (κ1) is 22.6. The minimum Gasteiger partial charge on any atom is -0.396 e. The van der Waals surface area contributed by atoms with Crippen LogP contribution in [-0.2, 0) is 11.2 Å². The third-order valence-electron chi connectivity index (χ3n) is 5.04. The summed E-state index contributed by atoms with van der Waals surface area (Å²) in [5.74, 6) is 0.773. The third kappa shape index (κ3) is 6.18. The van der Waals surface area contributed by atoms with Gasteiger partial charge in [0.15, 0.2) is 5.96 Å². The van der Waals surface area contributed by atoms with Crippen molar-refractivity contribution in [3.05, 3.63) is 48.3 Å². The van der Waals surface area contributed by atoms with Crippen molar-refractivity contribution < 1.29 is 9.84 Å². The van der Waals surface area contributed by atoms with Gasteiger partial charge in [0.25, 0.3) is 0 Å². The van der Waals surface area contributed by atoms with Crippen molar-refractivity contribution in [2.75, 3.05) is 40.0 Å². The molecule has 1 aromatic carbocycles. The molecule has 0 amide bonds. The summed E-state index contributed by atoms with van der Waals surface area (Å²) in [6.07, 6.45) is 6.53. The van der Waals surface area contributed by atoms with Gasteiger partial charge in [-0.3, -0.25) is 4.99 Å². The van der Waals surface area contributed by atoms with E-state index in [0.717, 1.165) is 50.6 Å². The van der Waals surface area contributed by atoms with E-state index in [4.69, 9.17) is 4.74 Å². The fourth-order valence-electron chi connectivity index (χ4n) is 3.34. The highest BCUT2D eigenvalue weighted by Crippen LogP contribution is 2.31. The minimum absolute atomic E-state index is 0. The Morgan fingerprint density at radius 2 is 2.14 bits per heavy atom. The molecular formula is C20H30IN5O2. The summed E-state index contributed by atoms with van der Waals surface area (Å²) in [6, 6.07) is 10.1. The highest BCUT2D eigenvalue weighted by Gasteiger charge is 2.34. The second-order valence-electron chi connectivity index (χ2n) is 7.01. The van der Waals surface area contributed by atoms with Crippen LogP contribution < -0.4 is 10.6 Å². The molecule has 1 atom stereocenters. The van der Waals surface area contributed by atoms with Crippen LogP contribution in [0.2, 0.25) is 0 Å². The topological polar surface area (TPSA) is 83.7 Å². The van der Waals surface area contributed by atoms with Gasteiger partial charge in [-0.05, 0) is 37.0 Å². The molecule has 1 aromatic heterocycles. The Hall–Kier alpha value is -1.65. The molecule has 0 bridgehead atoms. The molecule has 3 N–H and O–H groups in total. The molecule has 3 rings (SSSR count). The monoisotopic (exact) mass is 499 g/mol. The van der Waals surface area contributed by atoms with E-state index in [-0.39, 0.29) is 36.0 Å². The van der Waals surface area contributed by atoms with Crippen LogP contribution in [0.4, 0.5) is 0 Å². The van der Waals surface area contributed by atoms with Gasteiger partial charge in [0.05, 0.1) is 18.5 Å². The Labute approximate surface area is 183 Å². The standard InChI is InChI=1S/C20H29N5O2.HI/c1-21-19(23-15-20(8-11-26)9-12-27-16-20)22-10-7-17-13-24-25(14-17)18-5-3-2-4-6-18;/h2-6,13-14,26H,7-12,15-16H2,1H3,(H2,21,22,23);1H. The number of nitrogens with one attached hydrogen (secondary N) is 2. The van der Waals surface area contributed by atoms with Gasteiger partial charge in [0.1, 0.15) is 0 Å². The van der Waals surface area contributed by atoms with Crippen LogP contribution in [0.1, 0.15) is 18.4 Å². The van der Waals surface area contributed by atoms with Crippen LogP contribution in [-0.4, -0.2) is 60.8 Å². The van der Waals surface area contributed by atoms with E-state index < -0.39 is 0 Å². The summed E-state index contributed by atoms with van der Waals surface area (Å²) < 4.78 is 7.43. The van der Waals surface area contributed by atoms with Gasteiger partial charge in [-0.1, -0.05) is 18.2 Å². The van der Waals surface area contributed by atoms with Gasteiger partial charge in [-0.2, -0.15) is 5.10 Å². The molecule has 2 heterocycles. The number of aliphatic hydroxyl groups excluding tert-OH is 1. The molecule has 0 spiro atoms. The number of aromatic nitrogens is 2. The Balaban J connectivity index is 0.00000280. The van der Waals surface area contributed by atoms with Crippen LogP contribution in [0.15, 0.2) is 47.7 Å². The number of nitrogens with zero attached hydrogens (tertiary/aromatic N) is 3. The number of para-hydroxylation sites is 1. The predicted octanol–water partition coefficient (Wildman–Crippen LogP) is 1.99. The van der Waals surface area contributed by atoms with Crippen LogP contribution in [0.5, 0.6) is 0 Å². The smallest absolute Gasteiger partial charge is 0.191 e. The normalized spacial score (nSPS) is 19.3. The zero-order chi connectivity index (χ0) is 19.0. The lowest BCUT2D eigenvalue weighted by Gasteiger charge is -2.27. The highest BCUT2D eigenvalue weighted by atomic mass is 127. The van der Waals surface area contributed by atoms with Crippen molar-refractivity contribution in [3.63, 3.8) is 0 Å². The lowest BCUT2D eigenvalue weighted by Crippen LogP contribution is -2.45. The number of hydrogen-bond donors (Lipinski definition) is 3. The van der Waals surface area contributed by atoms with Gasteiger partial charge < -0.3 is 20.5 Å². The Kier molecular flexibility index (Phi) is 9.20. The zero-order valence-electron chi connectivity index (χ0n) is 16.3. The molecule has 154 valence electrons. The molecule has 28 heavy (non-hydrogen) atoms.